The molecule has 5 heteroatoms. The molecular weight excluding hydrogens is 288 g/mol. The average molecular weight is 311 g/mol. The van der Waals surface area contributed by atoms with E-state index in [4.69, 9.17) is 10.5 Å². The summed E-state index contributed by atoms with van der Waals surface area (Å²) in [4.78, 5) is 14.6. The number of nitrogens with zero attached hydrogens (tertiary/aromatic N) is 1. The molecule has 0 aliphatic carbocycles. The van der Waals surface area contributed by atoms with Gasteiger partial charge in [0.2, 0.25) is 5.91 Å². The first kappa shape index (κ1) is 16.3. The number of hydrogen-bond donors (Lipinski definition) is 1. The summed E-state index contributed by atoms with van der Waals surface area (Å²) < 4.78 is 5.91. The predicted molar refractivity (Wildman–Crippen MR) is 84.3 cm³/mol. The molecule has 0 aromatic heterocycles. The molecule has 2 saturated heterocycles. The number of carbonyl (C=O) groups is 1. The first-order valence-corrected chi connectivity index (χ1v) is 7.46. The maximum atomic E-state index is 12.7. The second-order valence-electron chi connectivity index (χ2n) is 5.78. The van der Waals surface area contributed by atoms with E-state index >= 15 is 0 Å². The van der Waals surface area contributed by atoms with Gasteiger partial charge in [0.1, 0.15) is 0 Å². The van der Waals surface area contributed by atoms with Crippen molar-refractivity contribution in [3.8, 4) is 0 Å². The zero-order chi connectivity index (χ0) is 13.9. The maximum absolute atomic E-state index is 12.7. The molecule has 3 unspecified atom stereocenters. The Kier molecular flexibility index (Phi) is 5.62. The number of carbonyl (C=O) groups excluding carboxylic acids is 1. The third kappa shape index (κ3) is 3.57. The van der Waals surface area contributed by atoms with E-state index in [1.807, 2.05) is 35.2 Å². The van der Waals surface area contributed by atoms with Gasteiger partial charge in [0.15, 0.2) is 0 Å². The third-order valence-electron chi connectivity index (χ3n) is 4.30. The number of rotatable bonds is 2. The standard InChI is InChI=1S/C16H22N2O2.ClH/c17-13-8-9-18(11-13)16(19)14-7-4-10-20-15(14)12-5-2-1-3-6-12;/h1-3,5-6,13-15H,4,7-11,17H2;1H. The van der Waals surface area contributed by atoms with Gasteiger partial charge in [0, 0.05) is 25.7 Å². The van der Waals surface area contributed by atoms with Crippen molar-refractivity contribution in [2.75, 3.05) is 19.7 Å². The largest absolute Gasteiger partial charge is 0.373 e. The summed E-state index contributed by atoms with van der Waals surface area (Å²) in [7, 11) is 0. The van der Waals surface area contributed by atoms with Crippen molar-refractivity contribution in [2.45, 2.75) is 31.4 Å². The van der Waals surface area contributed by atoms with Crippen LogP contribution >= 0.6 is 12.4 Å². The summed E-state index contributed by atoms with van der Waals surface area (Å²) in [5, 5.41) is 0. The zero-order valence-electron chi connectivity index (χ0n) is 12.1. The molecule has 0 saturated carbocycles. The summed E-state index contributed by atoms with van der Waals surface area (Å²) in [6.45, 7) is 2.22. The Labute approximate surface area is 132 Å². The Morgan fingerprint density at radius 1 is 1.24 bits per heavy atom. The van der Waals surface area contributed by atoms with Crippen molar-refractivity contribution < 1.29 is 9.53 Å². The molecule has 0 radical (unpaired) electrons. The lowest BCUT2D eigenvalue weighted by atomic mass is 9.88. The molecule has 0 bridgehead atoms. The quantitative estimate of drug-likeness (QED) is 0.910. The average Bonchev–Trinajstić information content (AvgIpc) is 2.94. The molecule has 2 heterocycles. The normalized spacial score (nSPS) is 29.0. The van der Waals surface area contributed by atoms with E-state index in [1.54, 1.807) is 0 Å². The molecule has 2 aliphatic heterocycles. The van der Waals surface area contributed by atoms with E-state index in [0.29, 0.717) is 6.54 Å². The van der Waals surface area contributed by atoms with Gasteiger partial charge in [-0.15, -0.1) is 12.4 Å². The van der Waals surface area contributed by atoms with Gasteiger partial charge in [-0.3, -0.25) is 4.79 Å². The monoisotopic (exact) mass is 310 g/mol. The number of hydrogen-bond acceptors (Lipinski definition) is 3. The SMILES string of the molecule is Cl.NC1CCN(C(=O)C2CCCOC2c2ccccc2)C1. The van der Waals surface area contributed by atoms with Crippen molar-refractivity contribution in [2.24, 2.45) is 11.7 Å². The molecule has 1 aromatic rings. The van der Waals surface area contributed by atoms with Gasteiger partial charge in [0.05, 0.1) is 12.0 Å². The first-order chi connectivity index (χ1) is 9.75. The Bertz CT molecular complexity index is 469. The molecule has 0 spiro atoms. The maximum Gasteiger partial charge on any atom is 0.228 e. The van der Waals surface area contributed by atoms with Crippen LogP contribution in [0.5, 0.6) is 0 Å². The molecule has 3 atom stereocenters. The third-order valence-corrected chi connectivity index (χ3v) is 4.30. The van der Waals surface area contributed by atoms with Crippen LogP contribution in [0, 0.1) is 5.92 Å². The molecule has 2 aliphatic rings. The molecule has 1 aromatic carbocycles. The van der Waals surface area contributed by atoms with E-state index < -0.39 is 0 Å². The molecular formula is C16H23ClN2O2. The summed E-state index contributed by atoms with van der Waals surface area (Å²) in [6.07, 6.45) is 2.67. The lowest BCUT2D eigenvalue weighted by molar-refractivity contribution is -0.144. The van der Waals surface area contributed by atoms with Gasteiger partial charge in [-0.05, 0) is 24.8 Å². The fourth-order valence-corrected chi connectivity index (χ4v) is 3.23. The van der Waals surface area contributed by atoms with Crippen molar-refractivity contribution in [1.82, 2.24) is 4.90 Å². The van der Waals surface area contributed by atoms with Crippen molar-refractivity contribution in [1.29, 1.82) is 0 Å². The highest BCUT2D eigenvalue weighted by Gasteiger charge is 2.37. The highest BCUT2D eigenvalue weighted by molar-refractivity contribution is 5.85. The fourth-order valence-electron chi connectivity index (χ4n) is 3.23. The van der Waals surface area contributed by atoms with Crippen molar-refractivity contribution >= 4 is 18.3 Å². The van der Waals surface area contributed by atoms with E-state index in [9.17, 15) is 4.79 Å². The molecule has 2 N–H and O–H groups in total. The van der Waals surface area contributed by atoms with Crippen LogP contribution in [-0.2, 0) is 9.53 Å². The molecule has 1 amide bonds. The van der Waals surface area contributed by atoms with Gasteiger partial charge >= 0.3 is 0 Å². The van der Waals surface area contributed by atoms with Crippen LogP contribution in [0.2, 0.25) is 0 Å². The van der Waals surface area contributed by atoms with Crippen LogP contribution in [0.15, 0.2) is 30.3 Å². The number of amides is 1. The highest BCUT2D eigenvalue weighted by atomic mass is 35.5. The second kappa shape index (κ2) is 7.25. The van der Waals surface area contributed by atoms with Gasteiger partial charge in [-0.1, -0.05) is 30.3 Å². The van der Waals surface area contributed by atoms with Crippen molar-refractivity contribution in [3.05, 3.63) is 35.9 Å². The van der Waals surface area contributed by atoms with Gasteiger partial charge in [-0.25, -0.2) is 0 Å². The summed E-state index contributed by atoms with van der Waals surface area (Å²) in [5.74, 6) is 0.156. The number of halogens is 1. The van der Waals surface area contributed by atoms with E-state index in [1.165, 1.54) is 0 Å². The number of ether oxygens (including phenoxy) is 1. The number of nitrogens with two attached hydrogens (primary N) is 1. The summed E-state index contributed by atoms with van der Waals surface area (Å²) >= 11 is 0. The van der Waals surface area contributed by atoms with E-state index in [0.717, 1.165) is 38.0 Å². The topological polar surface area (TPSA) is 55.6 Å². The molecule has 2 fully saturated rings. The number of benzene rings is 1. The predicted octanol–water partition coefficient (Wildman–Crippen LogP) is 2.14. The highest BCUT2D eigenvalue weighted by Crippen LogP contribution is 2.35. The summed E-state index contributed by atoms with van der Waals surface area (Å²) in [6, 6.07) is 10.2. The van der Waals surface area contributed by atoms with Crippen molar-refractivity contribution in [3.63, 3.8) is 0 Å². The van der Waals surface area contributed by atoms with Gasteiger partial charge in [0.25, 0.3) is 0 Å². The Balaban J connectivity index is 0.00000161. The van der Waals surface area contributed by atoms with Crippen LogP contribution in [0.25, 0.3) is 0 Å². The fraction of sp³-hybridized carbons (Fsp3) is 0.562. The minimum Gasteiger partial charge on any atom is -0.373 e. The Morgan fingerprint density at radius 3 is 2.67 bits per heavy atom. The minimum atomic E-state index is -0.103. The Hall–Kier alpha value is -1.10. The van der Waals surface area contributed by atoms with Crippen LogP contribution < -0.4 is 5.73 Å². The van der Waals surface area contributed by atoms with Crippen LogP contribution in [0.4, 0.5) is 0 Å². The number of likely N-dealkylation sites (tertiary alicyclic amines) is 1. The second-order valence-corrected chi connectivity index (χ2v) is 5.78. The zero-order valence-corrected chi connectivity index (χ0v) is 12.9. The first-order valence-electron chi connectivity index (χ1n) is 7.46. The molecule has 4 nitrogen and oxygen atoms in total. The lowest BCUT2D eigenvalue weighted by Crippen LogP contribution is -2.40. The van der Waals surface area contributed by atoms with Crippen LogP contribution in [0.3, 0.4) is 0 Å². The smallest absolute Gasteiger partial charge is 0.228 e. The Morgan fingerprint density at radius 2 is 2.00 bits per heavy atom. The molecule has 3 rings (SSSR count). The molecule has 21 heavy (non-hydrogen) atoms. The lowest BCUT2D eigenvalue weighted by Gasteiger charge is -2.33. The molecule has 116 valence electrons. The van der Waals surface area contributed by atoms with Gasteiger partial charge < -0.3 is 15.4 Å². The van der Waals surface area contributed by atoms with E-state index in [2.05, 4.69) is 0 Å². The minimum absolute atomic E-state index is 0. The van der Waals surface area contributed by atoms with E-state index in [-0.39, 0.29) is 36.4 Å². The summed E-state index contributed by atoms with van der Waals surface area (Å²) in [5.41, 5.74) is 7.02. The van der Waals surface area contributed by atoms with Crippen LogP contribution in [-0.4, -0.2) is 36.5 Å². The van der Waals surface area contributed by atoms with Crippen LogP contribution in [0.1, 0.15) is 30.9 Å². The van der Waals surface area contributed by atoms with Gasteiger partial charge in [-0.2, -0.15) is 0 Å².